The molecule has 0 aliphatic rings. The van der Waals surface area contributed by atoms with Crippen molar-refractivity contribution >= 4 is 51.2 Å². The van der Waals surface area contributed by atoms with E-state index in [1.54, 1.807) is 0 Å². The van der Waals surface area contributed by atoms with Gasteiger partial charge in [0.05, 0.1) is 0 Å². The van der Waals surface area contributed by atoms with Gasteiger partial charge < -0.3 is 29.4 Å². The minimum atomic E-state index is -3.12. The molecule has 10 heteroatoms. The van der Waals surface area contributed by atoms with E-state index in [0.717, 1.165) is 0 Å². The summed E-state index contributed by atoms with van der Waals surface area (Å²) in [6.07, 6.45) is 0. The van der Waals surface area contributed by atoms with Crippen molar-refractivity contribution in [2.45, 2.75) is 0 Å². The average molecular weight is 218 g/mol. The molecule has 0 rings (SSSR count). The third kappa shape index (κ3) is 277. The molecule has 10 heavy (non-hydrogen) atoms. The van der Waals surface area contributed by atoms with Crippen LogP contribution in [0.15, 0.2) is 0 Å². The Morgan fingerprint density at radius 3 is 0.900 bits per heavy atom. The topological polar surface area (TPSA) is 127 Å². The van der Waals surface area contributed by atoms with Crippen LogP contribution in [0.1, 0.15) is 0 Å². The Morgan fingerprint density at radius 2 is 0.900 bits per heavy atom. The number of hydrogen-bond donors (Lipinski definition) is 4. The zero-order chi connectivity index (χ0) is 7.15. The van der Waals surface area contributed by atoms with Crippen molar-refractivity contribution in [2.24, 2.45) is 0 Å². The zero-order valence-corrected chi connectivity index (χ0v) is 7.41. The van der Waals surface area contributed by atoms with E-state index in [0.29, 0.717) is 0 Å². The summed E-state index contributed by atoms with van der Waals surface area (Å²) in [5.41, 5.74) is 0. The molecule has 0 aliphatic heterocycles. The van der Waals surface area contributed by atoms with E-state index >= 15 is 0 Å². The van der Waals surface area contributed by atoms with Gasteiger partial charge in [-0.25, -0.2) is 0 Å². The normalized spacial score (nSPS) is 7.20. The van der Waals surface area contributed by atoms with Crippen LogP contribution in [-0.4, -0.2) is 53.6 Å². The van der Waals surface area contributed by atoms with E-state index in [2.05, 4.69) is 0 Å². The van der Waals surface area contributed by atoms with Crippen LogP contribution in [-0.2, 0) is 0 Å². The monoisotopic (exact) mass is 218 g/mol. The van der Waals surface area contributed by atoms with Gasteiger partial charge in [-0.3, -0.25) is 0 Å². The van der Waals surface area contributed by atoms with E-state index in [4.69, 9.17) is 29.4 Å². The standard InChI is InChI=1S/Mg.H3O3P.HO3P.H4Si/c;2*1-4(2)3;/h;1-3H;1H;1H4/q+2;;-2;. The maximum Gasteiger partial charge on any atom is 2.00 e. The van der Waals surface area contributed by atoms with Crippen LogP contribution in [0.3, 0.4) is 0 Å². The summed E-state index contributed by atoms with van der Waals surface area (Å²) in [7, 11) is -5.74. The molecule has 6 nitrogen and oxygen atoms in total. The molecular weight excluding hydrogens is 210 g/mol. The molecule has 0 aromatic rings. The second-order valence-corrected chi connectivity index (χ2v) is 1.52. The first-order chi connectivity index (χ1) is 3.46. The minimum absolute atomic E-state index is 0. The van der Waals surface area contributed by atoms with Gasteiger partial charge in [-0.2, -0.15) is 8.60 Å². The number of rotatable bonds is 0. The van der Waals surface area contributed by atoms with Crippen LogP contribution in [0.5, 0.6) is 0 Å². The molecule has 0 amide bonds. The van der Waals surface area contributed by atoms with Crippen molar-refractivity contribution in [2.75, 3.05) is 0 Å². The van der Waals surface area contributed by atoms with Gasteiger partial charge >= 0.3 is 31.7 Å². The van der Waals surface area contributed by atoms with E-state index in [1.807, 2.05) is 0 Å². The molecular formula is H8MgO6P2Si. The second-order valence-electron chi connectivity index (χ2n) is 0.506. The fourth-order valence-electron chi connectivity index (χ4n) is 0. The van der Waals surface area contributed by atoms with Gasteiger partial charge in [0.25, 0.3) is 0 Å². The Balaban J connectivity index is -0.0000000300. The molecule has 0 heterocycles. The van der Waals surface area contributed by atoms with Crippen molar-refractivity contribution in [1.29, 1.82) is 0 Å². The predicted octanol–water partition coefficient (Wildman–Crippen LogP) is -4.72. The Kier molecular flexibility index (Phi) is 38.2. The molecule has 0 aromatic carbocycles. The van der Waals surface area contributed by atoms with E-state index < -0.39 is 17.2 Å². The Labute approximate surface area is 80.7 Å². The van der Waals surface area contributed by atoms with E-state index in [1.165, 1.54) is 0 Å². The first-order valence-electron chi connectivity index (χ1n) is 1.17. The van der Waals surface area contributed by atoms with Crippen LogP contribution in [0.2, 0.25) is 0 Å². The number of hydrogen-bond acceptors (Lipinski definition) is 6. The minimum Gasteiger partial charge on any atom is -0.820 e. The van der Waals surface area contributed by atoms with Crippen LogP contribution >= 0.6 is 17.2 Å². The fraction of sp³-hybridized carbons (Fsp3) is 0. The van der Waals surface area contributed by atoms with Gasteiger partial charge in [0.1, 0.15) is 0 Å². The van der Waals surface area contributed by atoms with E-state index in [9.17, 15) is 0 Å². The summed E-state index contributed by atoms with van der Waals surface area (Å²) in [4.78, 5) is 45.9. The van der Waals surface area contributed by atoms with E-state index in [-0.39, 0.29) is 34.0 Å². The summed E-state index contributed by atoms with van der Waals surface area (Å²) in [5, 5.41) is 0. The third-order valence-corrected chi connectivity index (χ3v) is 0. The first kappa shape index (κ1) is 22.6. The molecule has 0 radical (unpaired) electrons. The molecule has 0 fully saturated rings. The molecule has 0 saturated heterocycles. The quantitative estimate of drug-likeness (QED) is 0.239. The first-order valence-corrected chi connectivity index (χ1v) is 3.50. The molecule has 60 valence electrons. The summed E-state index contributed by atoms with van der Waals surface area (Å²) in [6, 6.07) is 0. The predicted molar refractivity (Wildman–Crippen MR) is 39.8 cm³/mol. The SMILES string of the molecule is OP(O)O.[Mg+2].[O-]P([O-])O.[SiH4]. The summed E-state index contributed by atoms with van der Waals surface area (Å²) in [6.45, 7) is 0. The van der Waals surface area contributed by atoms with Crippen LogP contribution < -0.4 is 9.79 Å². The molecule has 0 unspecified atom stereocenters. The van der Waals surface area contributed by atoms with Gasteiger partial charge in [0.15, 0.2) is 0 Å². The van der Waals surface area contributed by atoms with Crippen molar-refractivity contribution in [3.8, 4) is 0 Å². The maximum atomic E-state index is 8.59. The third-order valence-electron chi connectivity index (χ3n) is 0. The summed E-state index contributed by atoms with van der Waals surface area (Å²) >= 11 is 0. The average Bonchev–Trinajstić information content (AvgIpc) is 1.25. The van der Waals surface area contributed by atoms with Gasteiger partial charge in [-0.15, -0.1) is 0 Å². The summed E-state index contributed by atoms with van der Waals surface area (Å²) in [5.74, 6) is 0. The Bertz CT molecular complexity index is 31.2. The molecule has 0 aliphatic carbocycles. The van der Waals surface area contributed by atoms with Gasteiger partial charge in [-0.1, -0.05) is 0 Å². The summed E-state index contributed by atoms with van der Waals surface area (Å²) < 4.78 is 0. The Morgan fingerprint density at radius 1 is 0.900 bits per heavy atom. The molecule has 4 N–H and O–H groups in total. The maximum absolute atomic E-state index is 8.59. The molecule has 0 atom stereocenters. The van der Waals surface area contributed by atoms with Gasteiger partial charge in [-0.05, 0) is 11.0 Å². The second kappa shape index (κ2) is 16.9. The molecule has 0 aromatic heterocycles. The largest absolute Gasteiger partial charge is 2.00 e. The van der Waals surface area contributed by atoms with Crippen molar-refractivity contribution in [1.82, 2.24) is 0 Å². The zero-order valence-electron chi connectivity index (χ0n) is 4.21. The van der Waals surface area contributed by atoms with Crippen LogP contribution in [0.4, 0.5) is 0 Å². The van der Waals surface area contributed by atoms with Gasteiger partial charge in [0.2, 0.25) is 0 Å². The van der Waals surface area contributed by atoms with Crippen molar-refractivity contribution < 1.29 is 29.4 Å². The van der Waals surface area contributed by atoms with Crippen molar-refractivity contribution in [3.05, 3.63) is 0 Å². The molecule has 0 spiro atoms. The van der Waals surface area contributed by atoms with Crippen LogP contribution in [0, 0.1) is 0 Å². The van der Waals surface area contributed by atoms with Crippen LogP contribution in [0.25, 0.3) is 0 Å². The molecule has 0 bridgehead atoms. The molecule has 0 saturated carbocycles. The van der Waals surface area contributed by atoms with Crippen molar-refractivity contribution in [3.63, 3.8) is 0 Å². The smallest absolute Gasteiger partial charge is 0.820 e. The Hall–Kier alpha value is 1.60. The van der Waals surface area contributed by atoms with Gasteiger partial charge in [0, 0.05) is 0 Å². The fourth-order valence-corrected chi connectivity index (χ4v) is 0.